The van der Waals surface area contributed by atoms with Crippen molar-refractivity contribution < 1.29 is 19.0 Å². The molecule has 1 aromatic rings. The van der Waals surface area contributed by atoms with Crippen molar-refractivity contribution in [1.29, 1.82) is 0 Å². The van der Waals surface area contributed by atoms with Gasteiger partial charge in [0.15, 0.2) is 0 Å². The molecule has 5 nitrogen and oxygen atoms in total. The number of nitrogens with one attached hydrogen (secondary N) is 1. The maximum absolute atomic E-state index is 12.3. The van der Waals surface area contributed by atoms with Gasteiger partial charge in [-0.1, -0.05) is 0 Å². The second kappa shape index (κ2) is 7.31. The molecular weight excluding hydrogens is 270 g/mol. The molecule has 0 radical (unpaired) electrons. The standard InChI is InChI=1S/C16H23NO4/c1-11(17-16(18)12-6-8-21-9-7-12)14-10-13(19-2)4-5-15(14)20-3/h4-5,10-12H,6-9H2,1-3H3,(H,17,18). The predicted molar refractivity (Wildman–Crippen MR) is 79.6 cm³/mol. The number of hydrogen-bond donors (Lipinski definition) is 1. The summed E-state index contributed by atoms with van der Waals surface area (Å²) < 4.78 is 15.9. The summed E-state index contributed by atoms with van der Waals surface area (Å²) in [5.41, 5.74) is 0.914. The normalized spacial score (nSPS) is 17.1. The minimum absolute atomic E-state index is 0.0396. The topological polar surface area (TPSA) is 56.8 Å². The number of carbonyl (C=O) groups excluding carboxylic acids is 1. The molecule has 0 bridgehead atoms. The Morgan fingerprint density at radius 1 is 1.29 bits per heavy atom. The summed E-state index contributed by atoms with van der Waals surface area (Å²) in [6.45, 7) is 3.28. The molecule has 1 unspecified atom stereocenters. The Kier molecular flexibility index (Phi) is 5.44. The number of benzene rings is 1. The Labute approximate surface area is 125 Å². The molecule has 116 valence electrons. The molecule has 1 aliphatic rings. The smallest absolute Gasteiger partial charge is 0.223 e. The molecule has 2 rings (SSSR count). The van der Waals surface area contributed by atoms with Gasteiger partial charge in [0.2, 0.25) is 5.91 Å². The number of hydrogen-bond acceptors (Lipinski definition) is 4. The average molecular weight is 293 g/mol. The molecule has 1 saturated heterocycles. The number of ether oxygens (including phenoxy) is 3. The minimum Gasteiger partial charge on any atom is -0.497 e. The fourth-order valence-corrected chi connectivity index (χ4v) is 2.55. The highest BCUT2D eigenvalue weighted by molar-refractivity contribution is 5.79. The minimum atomic E-state index is -0.134. The molecule has 1 atom stereocenters. The fraction of sp³-hybridized carbons (Fsp3) is 0.562. The van der Waals surface area contributed by atoms with E-state index in [0.29, 0.717) is 13.2 Å². The first-order valence-electron chi connectivity index (χ1n) is 7.25. The number of rotatable bonds is 5. The van der Waals surface area contributed by atoms with Crippen molar-refractivity contribution in [2.75, 3.05) is 27.4 Å². The summed E-state index contributed by atoms with van der Waals surface area (Å²) in [6.07, 6.45) is 1.57. The highest BCUT2D eigenvalue weighted by Gasteiger charge is 2.24. The van der Waals surface area contributed by atoms with Gasteiger partial charge >= 0.3 is 0 Å². The van der Waals surface area contributed by atoms with Gasteiger partial charge in [0.1, 0.15) is 11.5 Å². The lowest BCUT2D eigenvalue weighted by molar-refractivity contribution is -0.128. The summed E-state index contributed by atoms with van der Waals surface area (Å²) in [7, 11) is 3.25. The summed E-state index contributed by atoms with van der Waals surface area (Å²) in [6, 6.07) is 5.46. The third-order valence-corrected chi connectivity index (χ3v) is 3.85. The van der Waals surface area contributed by atoms with Crippen molar-refractivity contribution in [3.05, 3.63) is 23.8 Å². The van der Waals surface area contributed by atoms with E-state index in [1.54, 1.807) is 14.2 Å². The van der Waals surface area contributed by atoms with Crippen LogP contribution in [0, 0.1) is 5.92 Å². The Morgan fingerprint density at radius 3 is 2.62 bits per heavy atom. The average Bonchev–Trinajstić information content (AvgIpc) is 2.54. The zero-order valence-corrected chi connectivity index (χ0v) is 12.8. The van der Waals surface area contributed by atoms with Crippen molar-refractivity contribution in [1.82, 2.24) is 5.32 Å². The highest BCUT2D eigenvalue weighted by atomic mass is 16.5. The van der Waals surface area contributed by atoms with Crippen molar-refractivity contribution in [3.8, 4) is 11.5 Å². The second-order valence-electron chi connectivity index (χ2n) is 5.22. The zero-order chi connectivity index (χ0) is 15.2. The van der Waals surface area contributed by atoms with Gasteiger partial charge in [0.05, 0.1) is 20.3 Å². The van der Waals surface area contributed by atoms with Crippen LogP contribution in [0.25, 0.3) is 0 Å². The lowest BCUT2D eigenvalue weighted by atomic mass is 9.98. The molecule has 0 aromatic heterocycles. The summed E-state index contributed by atoms with van der Waals surface area (Å²) in [4.78, 5) is 12.3. The van der Waals surface area contributed by atoms with E-state index >= 15 is 0 Å². The molecule has 0 spiro atoms. The van der Waals surface area contributed by atoms with Gasteiger partial charge in [-0.2, -0.15) is 0 Å². The van der Waals surface area contributed by atoms with Crippen molar-refractivity contribution >= 4 is 5.91 Å². The van der Waals surface area contributed by atoms with Crippen molar-refractivity contribution in [2.45, 2.75) is 25.8 Å². The number of amides is 1. The Hall–Kier alpha value is -1.75. The molecule has 1 aliphatic heterocycles. The van der Waals surface area contributed by atoms with E-state index in [9.17, 15) is 4.79 Å². The van der Waals surface area contributed by atoms with Crippen LogP contribution in [0.15, 0.2) is 18.2 Å². The van der Waals surface area contributed by atoms with Crippen LogP contribution in [0.5, 0.6) is 11.5 Å². The molecular formula is C16H23NO4. The highest BCUT2D eigenvalue weighted by Crippen LogP contribution is 2.29. The second-order valence-corrected chi connectivity index (χ2v) is 5.22. The van der Waals surface area contributed by atoms with Crippen molar-refractivity contribution in [3.63, 3.8) is 0 Å². The van der Waals surface area contributed by atoms with Gasteiger partial charge in [-0.25, -0.2) is 0 Å². The van der Waals surface area contributed by atoms with Crippen molar-refractivity contribution in [2.24, 2.45) is 5.92 Å². The van der Waals surface area contributed by atoms with Gasteiger partial charge < -0.3 is 19.5 Å². The van der Waals surface area contributed by atoms with E-state index in [-0.39, 0.29) is 17.9 Å². The van der Waals surface area contributed by atoms with Crippen LogP contribution < -0.4 is 14.8 Å². The number of carbonyl (C=O) groups is 1. The molecule has 21 heavy (non-hydrogen) atoms. The van der Waals surface area contributed by atoms with E-state index in [0.717, 1.165) is 29.9 Å². The predicted octanol–water partition coefficient (Wildman–Crippen LogP) is 2.31. The summed E-state index contributed by atoms with van der Waals surface area (Å²) >= 11 is 0. The van der Waals surface area contributed by atoms with Gasteiger partial charge in [-0.15, -0.1) is 0 Å². The zero-order valence-electron chi connectivity index (χ0n) is 12.8. The van der Waals surface area contributed by atoms with Crippen LogP contribution in [0.3, 0.4) is 0 Å². The molecule has 0 aliphatic carbocycles. The van der Waals surface area contributed by atoms with Gasteiger partial charge in [0, 0.05) is 24.7 Å². The van der Waals surface area contributed by atoms with Gasteiger partial charge in [-0.05, 0) is 38.0 Å². The Morgan fingerprint density at radius 2 is 2.00 bits per heavy atom. The Bertz CT molecular complexity index is 483. The molecule has 1 amide bonds. The molecule has 1 fully saturated rings. The first-order valence-corrected chi connectivity index (χ1v) is 7.25. The summed E-state index contributed by atoms with van der Waals surface area (Å²) in [5, 5.41) is 3.06. The van der Waals surface area contributed by atoms with E-state index in [1.807, 2.05) is 25.1 Å². The van der Waals surface area contributed by atoms with Crippen LogP contribution >= 0.6 is 0 Å². The quantitative estimate of drug-likeness (QED) is 0.905. The molecule has 1 aromatic carbocycles. The lowest BCUT2D eigenvalue weighted by Gasteiger charge is -2.24. The number of methoxy groups -OCH3 is 2. The lowest BCUT2D eigenvalue weighted by Crippen LogP contribution is -2.35. The monoisotopic (exact) mass is 293 g/mol. The van der Waals surface area contributed by atoms with Gasteiger partial charge in [0.25, 0.3) is 0 Å². The Balaban J connectivity index is 2.08. The van der Waals surface area contributed by atoms with Crippen LogP contribution in [-0.4, -0.2) is 33.3 Å². The SMILES string of the molecule is COc1ccc(OC)c(C(C)NC(=O)C2CCOCC2)c1. The molecule has 0 saturated carbocycles. The first-order chi connectivity index (χ1) is 10.2. The summed E-state index contributed by atoms with van der Waals surface area (Å²) in [5.74, 6) is 1.61. The van der Waals surface area contributed by atoms with Gasteiger partial charge in [-0.3, -0.25) is 4.79 Å². The van der Waals surface area contributed by atoms with Crippen LogP contribution in [0.2, 0.25) is 0 Å². The van der Waals surface area contributed by atoms with E-state index < -0.39 is 0 Å². The van der Waals surface area contributed by atoms with E-state index in [2.05, 4.69) is 5.32 Å². The molecule has 1 heterocycles. The maximum Gasteiger partial charge on any atom is 0.223 e. The van der Waals surface area contributed by atoms with Crippen LogP contribution in [0.1, 0.15) is 31.4 Å². The van der Waals surface area contributed by atoms with E-state index in [1.165, 1.54) is 0 Å². The third kappa shape index (κ3) is 3.88. The largest absolute Gasteiger partial charge is 0.497 e. The molecule has 5 heteroatoms. The maximum atomic E-state index is 12.3. The fourth-order valence-electron chi connectivity index (χ4n) is 2.55. The van der Waals surface area contributed by atoms with Crippen LogP contribution in [-0.2, 0) is 9.53 Å². The van der Waals surface area contributed by atoms with E-state index in [4.69, 9.17) is 14.2 Å². The first kappa shape index (κ1) is 15.6. The van der Waals surface area contributed by atoms with Crippen LogP contribution in [0.4, 0.5) is 0 Å². The molecule has 1 N–H and O–H groups in total. The third-order valence-electron chi connectivity index (χ3n) is 3.85.